The van der Waals surface area contributed by atoms with Crippen LogP contribution in [-0.2, 0) is 9.59 Å². The van der Waals surface area contributed by atoms with Gasteiger partial charge in [-0.15, -0.1) is 0 Å². The number of piperidine rings is 1. The molecule has 0 aliphatic carbocycles. The van der Waals surface area contributed by atoms with Gasteiger partial charge in [0.25, 0.3) is 0 Å². The molecule has 0 spiro atoms. The minimum Gasteiger partial charge on any atom is -0.493 e. The van der Waals surface area contributed by atoms with Crippen LogP contribution in [0.1, 0.15) is 30.4 Å². The highest BCUT2D eigenvalue weighted by molar-refractivity contribution is 5.88. The van der Waals surface area contributed by atoms with Crippen molar-refractivity contribution in [3.8, 4) is 23.0 Å². The number of carbonyl (C=O) groups excluding carboxylic acids is 1. The number of carboxylic acids is 1. The lowest BCUT2D eigenvalue weighted by Crippen LogP contribution is -2.34. The summed E-state index contributed by atoms with van der Waals surface area (Å²) in [5, 5.41) is 8.46. The van der Waals surface area contributed by atoms with Gasteiger partial charge in [0.15, 0.2) is 23.0 Å². The molecule has 0 saturated carbocycles. The van der Waals surface area contributed by atoms with E-state index in [1.165, 1.54) is 19.6 Å². The topological polar surface area (TPSA) is 94.5 Å². The Kier molecular flexibility index (Phi) is 10.00. The quantitative estimate of drug-likeness (QED) is 0.437. The Labute approximate surface area is 211 Å². The summed E-state index contributed by atoms with van der Waals surface area (Å²) in [4.78, 5) is 24.2. The van der Waals surface area contributed by atoms with Crippen LogP contribution in [0.4, 0.5) is 0 Å². The van der Waals surface area contributed by atoms with Gasteiger partial charge in [-0.1, -0.05) is 30.4 Å². The first-order valence-corrected chi connectivity index (χ1v) is 11.7. The first-order valence-electron chi connectivity index (χ1n) is 11.7. The number of hydrogen-bond donors (Lipinski definition) is 1. The summed E-state index contributed by atoms with van der Waals surface area (Å²) in [6.45, 7) is 2.05. The van der Waals surface area contributed by atoms with Gasteiger partial charge in [-0.2, -0.15) is 0 Å². The number of carbonyl (C=O) groups is 2. The number of hydrogen-bond acceptors (Lipinski definition) is 6. The highest BCUT2D eigenvalue weighted by Crippen LogP contribution is 2.32. The van der Waals surface area contributed by atoms with E-state index in [-0.39, 0.29) is 12.7 Å². The number of nitrogens with zero attached hydrogens (tertiary/aromatic N) is 1. The fraction of sp³-hybridized carbons (Fsp3) is 0.286. The molecule has 1 fully saturated rings. The summed E-state index contributed by atoms with van der Waals surface area (Å²) in [5.41, 5.74) is 1.77. The number of rotatable bonds is 7. The highest BCUT2D eigenvalue weighted by atomic mass is 16.7. The van der Waals surface area contributed by atoms with E-state index in [2.05, 4.69) is 0 Å². The molecule has 0 atom stereocenters. The van der Waals surface area contributed by atoms with Crippen LogP contribution in [0.2, 0.25) is 0 Å². The molecule has 2 heterocycles. The third-order valence-electron chi connectivity index (χ3n) is 5.53. The van der Waals surface area contributed by atoms with Crippen LogP contribution in [0, 0.1) is 0 Å². The smallest absolute Gasteiger partial charge is 0.328 e. The number of carboxylic acid groups (broad SMARTS) is 1. The van der Waals surface area contributed by atoms with Gasteiger partial charge in [0.05, 0.1) is 14.2 Å². The Morgan fingerprint density at radius 3 is 2.25 bits per heavy atom. The minimum atomic E-state index is -0.982. The van der Waals surface area contributed by atoms with Gasteiger partial charge in [0.1, 0.15) is 0 Å². The van der Waals surface area contributed by atoms with Gasteiger partial charge in [-0.3, -0.25) is 4.79 Å². The van der Waals surface area contributed by atoms with Gasteiger partial charge in [0.2, 0.25) is 12.7 Å². The van der Waals surface area contributed by atoms with Crippen LogP contribution >= 0.6 is 0 Å². The lowest BCUT2D eigenvalue weighted by Gasteiger charge is -2.25. The lowest BCUT2D eigenvalue weighted by molar-refractivity contribution is -0.131. The van der Waals surface area contributed by atoms with Crippen LogP contribution in [0.25, 0.3) is 12.2 Å². The van der Waals surface area contributed by atoms with Gasteiger partial charge < -0.3 is 29.0 Å². The van der Waals surface area contributed by atoms with E-state index >= 15 is 0 Å². The third-order valence-corrected chi connectivity index (χ3v) is 5.53. The largest absolute Gasteiger partial charge is 0.493 e. The van der Waals surface area contributed by atoms with Crippen molar-refractivity contribution in [3.05, 3.63) is 71.8 Å². The van der Waals surface area contributed by atoms with Crippen LogP contribution in [0.15, 0.2) is 60.7 Å². The third kappa shape index (κ3) is 7.94. The van der Waals surface area contributed by atoms with Crippen molar-refractivity contribution in [2.75, 3.05) is 34.1 Å². The average molecular weight is 494 g/mol. The predicted molar refractivity (Wildman–Crippen MR) is 137 cm³/mol. The van der Waals surface area contributed by atoms with Gasteiger partial charge >= 0.3 is 5.97 Å². The summed E-state index contributed by atoms with van der Waals surface area (Å²) in [6.07, 6.45) is 13.3. The molecule has 1 N–H and O–H groups in total. The maximum atomic E-state index is 11.9. The summed E-state index contributed by atoms with van der Waals surface area (Å²) in [7, 11) is 3.08. The number of allylic oxidation sites excluding steroid dienone is 2. The fourth-order valence-electron chi connectivity index (χ4n) is 3.67. The normalized spacial score (nSPS) is 14.7. The number of methoxy groups -OCH3 is 2. The van der Waals surface area contributed by atoms with Gasteiger partial charge in [-0.05, 0) is 60.7 Å². The Morgan fingerprint density at radius 2 is 1.53 bits per heavy atom. The summed E-state index contributed by atoms with van der Waals surface area (Å²) in [6, 6.07) is 11.0. The molecular weight excluding hydrogens is 462 g/mol. The van der Waals surface area contributed by atoms with Crippen LogP contribution in [0.5, 0.6) is 23.0 Å². The van der Waals surface area contributed by atoms with Crippen molar-refractivity contribution in [3.63, 3.8) is 0 Å². The molecule has 2 aromatic carbocycles. The van der Waals surface area contributed by atoms with Gasteiger partial charge in [0, 0.05) is 25.2 Å². The number of fused-ring (bicyclic) bond motifs is 1. The second-order valence-electron chi connectivity index (χ2n) is 8.00. The molecule has 2 aliphatic heterocycles. The Morgan fingerprint density at radius 1 is 0.833 bits per heavy atom. The Balaban J connectivity index is 0.000000214. The van der Waals surface area contributed by atoms with E-state index in [1.807, 2.05) is 35.3 Å². The molecule has 8 nitrogen and oxygen atoms in total. The van der Waals surface area contributed by atoms with Crippen molar-refractivity contribution in [2.24, 2.45) is 0 Å². The molecule has 0 unspecified atom stereocenters. The van der Waals surface area contributed by atoms with Crippen molar-refractivity contribution in [1.82, 2.24) is 4.90 Å². The Hall–Kier alpha value is -4.20. The van der Waals surface area contributed by atoms with E-state index < -0.39 is 5.97 Å². The first-order chi connectivity index (χ1) is 17.5. The van der Waals surface area contributed by atoms with Crippen molar-refractivity contribution < 1.29 is 33.6 Å². The van der Waals surface area contributed by atoms with E-state index in [4.69, 9.17) is 24.1 Å². The van der Waals surface area contributed by atoms with Crippen molar-refractivity contribution >= 4 is 24.0 Å². The molecule has 36 heavy (non-hydrogen) atoms. The van der Waals surface area contributed by atoms with E-state index in [1.54, 1.807) is 37.5 Å². The highest BCUT2D eigenvalue weighted by Gasteiger charge is 2.13. The zero-order valence-electron chi connectivity index (χ0n) is 20.5. The molecule has 190 valence electrons. The number of amides is 1. The maximum absolute atomic E-state index is 11.9. The summed E-state index contributed by atoms with van der Waals surface area (Å²) >= 11 is 0. The van der Waals surface area contributed by atoms with E-state index in [0.29, 0.717) is 11.5 Å². The molecule has 4 rings (SSSR count). The van der Waals surface area contributed by atoms with Crippen LogP contribution in [-0.4, -0.2) is 56.0 Å². The predicted octanol–water partition coefficient (Wildman–Crippen LogP) is 4.80. The van der Waals surface area contributed by atoms with E-state index in [9.17, 15) is 9.59 Å². The minimum absolute atomic E-state index is 0.102. The first kappa shape index (κ1) is 26.4. The molecule has 2 aliphatic rings. The molecule has 1 amide bonds. The fourth-order valence-corrected chi connectivity index (χ4v) is 3.67. The molecule has 1 saturated heterocycles. The monoisotopic (exact) mass is 493 g/mol. The Bertz CT molecular complexity index is 1130. The van der Waals surface area contributed by atoms with Crippen molar-refractivity contribution in [1.29, 1.82) is 0 Å². The molecule has 0 aromatic heterocycles. The lowest BCUT2D eigenvalue weighted by atomic mass is 10.1. The zero-order valence-corrected chi connectivity index (χ0v) is 20.5. The molecule has 2 aromatic rings. The number of benzene rings is 2. The number of aliphatic carboxylic acids is 1. The second-order valence-corrected chi connectivity index (χ2v) is 8.00. The summed E-state index contributed by atoms with van der Waals surface area (Å²) in [5.74, 6) is 1.86. The van der Waals surface area contributed by atoms with Crippen LogP contribution < -0.4 is 18.9 Å². The van der Waals surface area contributed by atoms with Crippen molar-refractivity contribution in [2.45, 2.75) is 19.3 Å². The number of ether oxygens (including phenoxy) is 4. The molecule has 8 heteroatoms. The van der Waals surface area contributed by atoms with E-state index in [0.717, 1.165) is 54.6 Å². The zero-order chi connectivity index (χ0) is 25.8. The molecule has 0 bridgehead atoms. The standard InChI is InChI=1S/C17H19NO3.C11H12O4/c19-17(18-10-4-1-5-11-18)7-3-2-6-14-8-9-15-16(12-14)21-13-20-15;1-14-9-5-3-8(4-6-11(12)13)7-10(9)15-2/h2-3,6-9,12H,1,4-5,10-11,13H2;3-7H,1-2H3,(H,12,13). The SMILES string of the molecule is COc1ccc(C=CC(=O)O)cc1OC.O=C(C=CC=Cc1ccc2c(c1)OCO2)N1CCCCC1. The number of likely N-dealkylation sites (tertiary alicyclic amines) is 1. The maximum Gasteiger partial charge on any atom is 0.328 e. The molecule has 0 radical (unpaired) electrons. The summed E-state index contributed by atoms with van der Waals surface area (Å²) < 4.78 is 20.7. The molecular formula is C28H31NO7. The second kappa shape index (κ2) is 13.6. The van der Waals surface area contributed by atoms with Gasteiger partial charge in [-0.25, -0.2) is 4.79 Å². The van der Waals surface area contributed by atoms with Crippen LogP contribution in [0.3, 0.4) is 0 Å². The average Bonchev–Trinajstić information content (AvgIpc) is 3.38.